The average Bonchev–Trinajstić information content (AvgIpc) is 3.12. The van der Waals surface area contributed by atoms with Crippen LogP contribution >= 0.6 is 0 Å². The first kappa shape index (κ1) is 17.4. The molecule has 0 bridgehead atoms. The number of tetrazole rings is 1. The number of hydrogen-bond donors (Lipinski definition) is 1. The molecule has 4 rings (SSSR count). The fourth-order valence-electron chi connectivity index (χ4n) is 3.84. The molecule has 2 unspecified atom stereocenters. The standard InChI is InChI=1S/C18H22N6O3/c1-23-9-8-18(7-6-17(23)26)10-14(13-4-2-3-5-15(13)27-18)20-16(25)11-24-12-19-21-22-24/h2-5,12,14H,6-11H2,1H3,(H,20,25). The highest BCUT2D eigenvalue weighted by molar-refractivity contribution is 5.77. The van der Waals surface area contributed by atoms with Crippen LogP contribution in [0.4, 0.5) is 0 Å². The van der Waals surface area contributed by atoms with Crippen molar-refractivity contribution < 1.29 is 14.3 Å². The van der Waals surface area contributed by atoms with E-state index in [1.54, 1.807) is 4.90 Å². The zero-order valence-electron chi connectivity index (χ0n) is 15.2. The van der Waals surface area contributed by atoms with Crippen LogP contribution in [0.15, 0.2) is 30.6 Å². The van der Waals surface area contributed by atoms with Crippen LogP contribution < -0.4 is 10.1 Å². The number of para-hydroxylation sites is 1. The van der Waals surface area contributed by atoms with Crippen LogP contribution in [0.3, 0.4) is 0 Å². The summed E-state index contributed by atoms with van der Waals surface area (Å²) in [5.41, 5.74) is 0.499. The fraction of sp³-hybridized carbons (Fsp3) is 0.500. The molecule has 9 nitrogen and oxygen atoms in total. The fourth-order valence-corrected chi connectivity index (χ4v) is 3.84. The van der Waals surface area contributed by atoms with Crippen molar-refractivity contribution in [2.75, 3.05) is 13.6 Å². The second-order valence-electron chi connectivity index (χ2n) is 7.22. The second kappa shape index (κ2) is 6.98. The number of ether oxygens (including phenoxy) is 1. The summed E-state index contributed by atoms with van der Waals surface area (Å²) in [4.78, 5) is 26.4. The van der Waals surface area contributed by atoms with Gasteiger partial charge in [0.2, 0.25) is 11.8 Å². The van der Waals surface area contributed by atoms with Gasteiger partial charge in [0.05, 0.1) is 6.04 Å². The number of likely N-dealkylation sites (tertiary alicyclic amines) is 1. The molecule has 2 amide bonds. The molecule has 1 fully saturated rings. The van der Waals surface area contributed by atoms with E-state index in [2.05, 4.69) is 20.8 Å². The number of nitrogens with one attached hydrogen (secondary N) is 1. The largest absolute Gasteiger partial charge is 0.487 e. The molecule has 3 heterocycles. The van der Waals surface area contributed by atoms with Crippen LogP contribution in [-0.2, 0) is 16.1 Å². The predicted molar refractivity (Wildman–Crippen MR) is 94.6 cm³/mol. The molecule has 1 aromatic carbocycles. The lowest BCUT2D eigenvalue weighted by Crippen LogP contribution is -2.46. The molecule has 0 radical (unpaired) electrons. The summed E-state index contributed by atoms with van der Waals surface area (Å²) in [6.45, 7) is 0.701. The Morgan fingerprint density at radius 3 is 3.04 bits per heavy atom. The van der Waals surface area contributed by atoms with Crippen molar-refractivity contribution in [3.63, 3.8) is 0 Å². The first-order valence-corrected chi connectivity index (χ1v) is 9.07. The van der Waals surface area contributed by atoms with Crippen molar-refractivity contribution in [1.29, 1.82) is 0 Å². The lowest BCUT2D eigenvalue weighted by Gasteiger charge is -2.42. The zero-order chi connectivity index (χ0) is 18.9. The van der Waals surface area contributed by atoms with E-state index in [9.17, 15) is 9.59 Å². The molecule has 9 heteroatoms. The van der Waals surface area contributed by atoms with E-state index >= 15 is 0 Å². The minimum absolute atomic E-state index is 0.0563. The number of nitrogens with zero attached hydrogens (tertiary/aromatic N) is 5. The average molecular weight is 370 g/mol. The monoisotopic (exact) mass is 370 g/mol. The smallest absolute Gasteiger partial charge is 0.242 e. The first-order chi connectivity index (χ1) is 13.0. The molecule has 0 saturated carbocycles. The topological polar surface area (TPSA) is 102 Å². The number of benzene rings is 1. The van der Waals surface area contributed by atoms with Gasteiger partial charge in [-0.05, 0) is 22.9 Å². The number of amides is 2. The van der Waals surface area contributed by atoms with Gasteiger partial charge in [0.15, 0.2) is 0 Å². The molecule has 2 aliphatic rings. The van der Waals surface area contributed by atoms with E-state index in [0.29, 0.717) is 25.8 Å². The highest BCUT2D eigenvalue weighted by Crippen LogP contribution is 2.44. The Bertz CT molecular complexity index is 839. The lowest BCUT2D eigenvalue weighted by molar-refractivity contribution is -0.129. The molecular weight excluding hydrogens is 348 g/mol. The van der Waals surface area contributed by atoms with Crippen LogP contribution in [0, 0.1) is 0 Å². The van der Waals surface area contributed by atoms with Crippen molar-refractivity contribution in [1.82, 2.24) is 30.4 Å². The minimum Gasteiger partial charge on any atom is -0.487 e. The van der Waals surface area contributed by atoms with E-state index in [0.717, 1.165) is 17.7 Å². The van der Waals surface area contributed by atoms with Crippen LogP contribution in [-0.4, -0.2) is 56.1 Å². The Morgan fingerprint density at radius 1 is 1.37 bits per heavy atom. The number of carbonyl (C=O) groups excluding carboxylic acids is 2. The summed E-state index contributed by atoms with van der Waals surface area (Å²) in [7, 11) is 1.82. The van der Waals surface area contributed by atoms with E-state index < -0.39 is 5.60 Å². The maximum Gasteiger partial charge on any atom is 0.242 e. The number of carbonyl (C=O) groups is 2. The molecular formula is C18H22N6O3. The van der Waals surface area contributed by atoms with Gasteiger partial charge in [-0.25, -0.2) is 4.68 Å². The third-order valence-corrected chi connectivity index (χ3v) is 5.35. The molecule has 2 aliphatic heterocycles. The van der Waals surface area contributed by atoms with E-state index in [1.807, 2.05) is 31.3 Å². The van der Waals surface area contributed by atoms with Gasteiger partial charge in [-0.2, -0.15) is 0 Å². The van der Waals surface area contributed by atoms with Gasteiger partial charge in [-0.15, -0.1) is 5.10 Å². The second-order valence-corrected chi connectivity index (χ2v) is 7.22. The van der Waals surface area contributed by atoms with Gasteiger partial charge in [0, 0.05) is 38.4 Å². The molecule has 2 atom stereocenters. The summed E-state index contributed by atoms with van der Waals surface area (Å²) in [5.74, 6) is 0.739. The van der Waals surface area contributed by atoms with E-state index in [4.69, 9.17) is 4.74 Å². The van der Waals surface area contributed by atoms with Crippen molar-refractivity contribution in [2.24, 2.45) is 0 Å². The summed E-state index contributed by atoms with van der Waals surface area (Å²) in [6, 6.07) is 7.57. The Morgan fingerprint density at radius 2 is 2.22 bits per heavy atom. The van der Waals surface area contributed by atoms with Gasteiger partial charge in [0.1, 0.15) is 24.2 Å². The van der Waals surface area contributed by atoms with Crippen LogP contribution in [0.5, 0.6) is 5.75 Å². The summed E-state index contributed by atoms with van der Waals surface area (Å²) in [5, 5.41) is 13.9. The molecule has 1 saturated heterocycles. The van der Waals surface area contributed by atoms with Gasteiger partial charge >= 0.3 is 0 Å². The van der Waals surface area contributed by atoms with Gasteiger partial charge in [-0.1, -0.05) is 18.2 Å². The Hall–Kier alpha value is -2.97. The molecule has 27 heavy (non-hydrogen) atoms. The zero-order valence-corrected chi connectivity index (χ0v) is 15.2. The molecule has 1 spiro atoms. The Labute approximate surface area is 156 Å². The summed E-state index contributed by atoms with van der Waals surface area (Å²) in [6.07, 6.45) is 3.87. The van der Waals surface area contributed by atoms with Gasteiger partial charge in [0.25, 0.3) is 0 Å². The molecule has 142 valence electrons. The van der Waals surface area contributed by atoms with Gasteiger partial charge in [-0.3, -0.25) is 9.59 Å². The Kier molecular flexibility index (Phi) is 4.51. The maximum absolute atomic E-state index is 12.5. The van der Waals surface area contributed by atoms with Crippen LogP contribution in [0.25, 0.3) is 0 Å². The van der Waals surface area contributed by atoms with Crippen LogP contribution in [0.1, 0.15) is 37.3 Å². The third-order valence-electron chi connectivity index (χ3n) is 5.35. The number of rotatable bonds is 3. The molecule has 1 aromatic heterocycles. The molecule has 2 aromatic rings. The number of aromatic nitrogens is 4. The van der Waals surface area contributed by atoms with Gasteiger partial charge < -0.3 is 15.0 Å². The lowest BCUT2D eigenvalue weighted by atomic mass is 9.82. The quantitative estimate of drug-likeness (QED) is 0.853. The summed E-state index contributed by atoms with van der Waals surface area (Å²) >= 11 is 0. The molecule has 1 N–H and O–H groups in total. The van der Waals surface area contributed by atoms with Crippen molar-refractivity contribution in [3.05, 3.63) is 36.2 Å². The van der Waals surface area contributed by atoms with E-state index in [1.165, 1.54) is 11.0 Å². The first-order valence-electron chi connectivity index (χ1n) is 9.07. The number of hydrogen-bond acceptors (Lipinski definition) is 6. The maximum atomic E-state index is 12.5. The Balaban J connectivity index is 1.56. The van der Waals surface area contributed by atoms with Crippen molar-refractivity contribution >= 4 is 11.8 Å². The summed E-state index contributed by atoms with van der Waals surface area (Å²) < 4.78 is 7.77. The number of fused-ring (bicyclic) bond motifs is 1. The highest BCUT2D eigenvalue weighted by Gasteiger charge is 2.43. The van der Waals surface area contributed by atoms with Crippen molar-refractivity contribution in [3.8, 4) is 5.75 Å². The van der Waals surface area contributed by atoms with E-state index in [-0.39, 0.29) is 24.4 Å². The predicted octanol–water partition coefficient (Wildman–Crippen LogP) is 0.694. The van der Waals surface area contributed by atoms with Crippen LogP contribution in [0.2, 0.25) is 0 Å². The SMILES string of the molecule is CN1CCC2(CCC1=O)CC(NC(=O)Cn1cnnn1)c1ccccc1O2. The normalized spacial score (nSPS) is 24.9. The molecule has 0 aliphatic carbocycles. The highest BCUT2D eigenvalue weighted by atomic mass is 16.5. The minimum atomic E-state index is -0.457. The third kappa shape index (κ3) is 3.62. The van der Waals surface area contributed by atoms with Crippen molar-refractivity contribution in [2.45, 2.75) is 43.9 Å².